The van der Waals surface area contributed by atoms with Gasteiger partial charge in [-0.25, -0.2) is 8.42 Å². The van der Waals surface area contributed by atoms with E-state index in [1.165, 1.54) is 4.31 Å². The molecule has 2 fully saturated rings. The lowest BCUT2D eigenvalue weighted by atomic mass is 10.2. The SMILES string of the molecule is CO[C@H]1C[C@@H](C(=O)N2CCCC2)N(S(C)(=O)=O)C1. The van der Waals surface area contributed by atoms with Gasteiger partial charge in [0.1, 0.15) is 6.04 Å². The van der Waals surface area contributed by atoms with Crippen molar-refractivity contribution in [2.24, 2.45) is 0 Å². The van der Waals surface area contributed by atoms with Gasteiger partial charge in [0.2, 0.25) is 15.9 Å². The van der Waals surface area contributed by atoms with Crippen molar-refractivity contribution >= 4 is 15.9 Å². The first-order chi connectivity index (χ1) is 8.43. The minimum Gasteiger partial charge on any atom is -0.380 e. The Morgan fingerprint density at radius 3 is 2.39 bits per heavy atom. The molecule has 2 saturated heterocycles. The molecule has 0 bridgehead atoms. The Morgan fingerprint density at radius 1 is 1.28 bits per heavy atom. The minimum absolute atomic E-state index is 0.0718. The van der Waals surface area contributed by atoms with Crippen molar-refractivity contribution in [2.45, 2.75) is 31.4 Å². The van der Waals surface area contributed by atoms with Crippen LogP contribution in [0.3, 0.4) is 0 Å². The van der Waals surface area contributed by atoms with Crippen molar-refractivity contribution < 1.29 is 17.9 Å². The summed E-state index contributed by atoms with van der Waals surface area (Å²) in [5, 5.41) is 0. The van der Waals surface area contributed by atoms with Gasteiger partial charge >= 0.3 is 0 Å². The highest BCUT2D eigenvalue weighted by Crippen LogP contribution is 2.25. The lowest BCUT2D eigenvalue weighted by Crippen LogP contribution is -2.46. The van der Waals surface area contributed by atoms with Gasteiger partial charge in [-0.1, -0.05) is 0 Å². The second-order valence-electron chi connectivity index (χ2n) is 4.97. The van der Waals surface area contributed by atoms with E-state index in [1.54, 1.807) is 12.0 Å². The van der Waals surface area contributed by atoms with Gasteiger partial charge < -0.3 is 9.64 Å². The monoisotopic (exact) mass is 276 g/mol. The molecule has 2 atom stereocenters. The highest BCUT2D eigenvalue weighted by molar-refractivity contribution is 7.88. The van der Waals surface area contributed by atoms with E-state index >= 15 is 0 Å². The van der Waals surface area contributed by atoms with Gasteiger partial charge in [0.05, 0.1) is 12.4 Å². The number of rotatable bonds is 3. The average Bonchev–Trinajstić information content (AvgIpc) is 2.96. The van der Waals surface area contributed by atoms with Crippen LogP contribution in [-0.4, -0.2) is 68.7 Å². The van der Waals surface area contributed by atoms with Crippen LogP contribution < -0.4 is 0 Å². The summed E-state index contributed by atoms with van der Waals surface area (Å²) >= 11 is 0. The minimum atomic E-state index is -3.36. The molecule has 2 aliphatic rings. The summed E-state index contributed by atoms with van der Waals surface area (Å²) in [6.07, 6.45) is 3.43. The van der Waals surface area contributed by atoms with Gasteiger partial charge in [-0.3, -0.25) is 4.79 Å². The second-order valence-corrected chi connectivity index (χ2v) is 6.91. The zero-order chi connectivity index (χ0) is 13.3. The predicted molar refractivity (Wildman–Crippen MR) is 66.6 cm³/mol. The van der Waals surface area contributed by atoms with Crippen molar-refractivity contribution in [1.29, 1.82) is 0 Å². The molecule has 0 spiro atoms. The maximum absolute atomic E-state index is 12.3. The van der Waals surface area contributed by atoms with Crippen LogP contribution in [0.25, 0.3) is 0 Å². The molecule has 0 aliphatic carbocycles. The van der Waals surface area contributed by atoms with Crippen molar-refractivity contribution in [3.8, 4) is 0 Å². The van der Waals surface area contributed by atoms with Crippen LogP contribution in [0.15, 0.2) is 0 Å². The predicted octanol–water partition coefficient (Wildman–Crippen LogP) is -0.342. The number of amides is 1. The van der Waals surface area contributed by atoms with Crippen LogP contribution in [-0.2, 0) is 19.6 Å². The first-order valence-electron chi connectivity index (χ1n) is 6.22. The Hall–Kier alpha value is -0.660. The third kappa shape index (κ3) is 2.67. The maximum atomic E-state index is 12.3. The molecule has 6 nitrogen and oxygen atoms in total. The van der Waals surface area contributed by atoms with E-state index in [9.17, 15) is 13.2 Å². The van der Waals surface area contributed by atoms with Gasteiger partial charge in [0, 0.05) is 33.2 Å². The van der Waals surface area contributed by atoms with Crippen LogP contribution >= 0.6 is 0 Å². The molecule has 7 heteroatoms. The molecule has 2 aliphatic heterocycles. The van der Waals surface area contributed by atoms with Gasteiger partial charge in [-0.15, -0.1) is 0 Å². The first kappa shape index (κ1) is 13.8. The summed E-state index contributed by atoms with van der Waals surface area (Å²) < 4.78 is 29.9. The molecule has 104 valence electrons. The summed E-state index contributed by atoms with van der Waals surface area (Å²) in [6, 6.07) is -0.581. The fraction of sp³-hybridized carbons (Fsp3) is 0.909. The second kappa shape index (κ2) is 5.14. The third-order valence-corrected chi connectivity index (χ3v) is 4.93. The lowest BCUT2D eigenvalue weighted by molar-refractivity contribution is -0.133. The van der Waals surface area contributed by atoms with Gasteiger partial charge in [-0.05, 0) is 12.8 Å². The molecule has 0 unspecified atom stereocenters. The third-order valence-electron chi connectivity index (χ3n) is 3.68. The molecule has 0 N–H and O–H groups in total. The Balaban J connectivity index is 2.15. The standard InChI is InChI=1S/C11H20N2O4S/c1-17-9-7-10(13(8-9)18(2,15)16)11(14)12-5-3-4-6-12/h9-10H,3-8H2,1-2H3/t9-,10-/m0/s1. The number of carbonyl (C=O) groups is 1. The summed E-state index contributed by atoms with van der Waals surface area (Å²) in [4.78, 5) is 14.1. The Labute approximate surface area is 108 Å². The Morgan fingerprint density at radius 2 is 1.89 bits per heavy atom. The van der Waals surface area contributed by atoms with E-state index in [4.69, 9.17) is 4.74 Å². The number of ether oxygens (including phenoxy) is 1. The topological polar surface area (TPSA) is 66.9 Å². The largest absolute Gasteiger partial charge is 0.380 e. The van der Waals surface area contributed by atoms with Crippen molar-refractivity contribution in [1.82, 2.24) is 9.21 Å². The van der Waals surface area contributed by atoms with E-state index < -0.39 is 16.1 Å². The van der Waals surface area contributed by atoms with Crippen LogP contribution in [0.1, 0.15) is 19.3 Å². The highest BCUT2D eigenvalue weighted by Gasteiger charge is 2.43. The van der Waals surface area contributed by atoms with Crippen molar-refractivity contribution in [2.75, 3.05) is 33.0 Å². The summed E-state index contributed by atoms with van der Waals surface area (Å²) in [5.41, 5.74) is 0. The fourth-order valence-corrected chi connectivity index (χ4v) is 3.75. The molecule has 0 aromatic heterocycles. The van der Waals surface area contributed by atoms with E-state index in [0.29, 0.717) is 6.42 Å². The van der Waals surface area contributed by atoms with E-state index in [0.717, 1.165) is 32.2 Å². The fourth-order valence-electron chi connectivity index (χ4n) is 2.68. The van der Waals surface area contributed by atoms with E-state index in [1.807, 2.05) is 0 Å². The maximum Gasteiger partial charge on any atom is 0.241 e. The smallest absolute Gasteiger partial charge is 0.241 e. The van der Waals surface area contributed by atoms with E-state index in [2.05, 4.69) is 0 Å². The number of hydrogen-bond donors (Lipinski definition) is 0. The van der Waals surface area contributed by atoms with Gasteiger partial charge in [0.15, 0.2) is 0 Å². The van der Waals surface area contributed by atoms with Gasteiger partial charge in [0.25, 0.3) is 0 Å². The molecule has 18 heavy (non-hydrogen) atoms. The molecular formula is C11H20N2O4S. The highest BCUT2D eigenvalue weighted by atomic mass is 32.2. The number of sulfonamides is 1. The summed E-state index contributed by atoms with van der Waals surface area (Å²) in [6.45, 7) is 1.76. The first-order valence-corrected chi connectivity index (χ1v) is 8.06. The van der Waals surface area contributed by atoms with Crippen molar-refractivity contribution in [3.63, 3.8) is 0 Å². The molecule has 1 amide bonds. The molecule has 0 radical (unpaired) electrons. The molecule has 2 rings (SSSR count). The molecule has 2 heterocycles. The summed E-state index contributed by atoms with van der Waals surface area (Å²) in [7, 11) is -1.81. The molecule has 0 aromatic rings. The van der Waals surface area contributed by atoms with Crippen LogP contribution in [0.4, 0.5) is 0 Å². The van der Waals surface area contributed by atoms with Gasteiger partial charge in [-0.2, -0.15) is 4.31 Å². The lowest BCUT2D eigenvalue weighted by Gasteiger charge is -2.25. The van der Waals surface area contributed by atoms with Crippen molar-refractivity contribution in [3.05, 3.63) is 0 Å². The Kier molecular flexibility index (Phi) is 3.93. The molecule has 0 aromatic carbocycles. The van der Waals surface area contributed by atoms with Crippen LogP contribution in [0, 0.1) is 0 Å². The number of likely N-dealkylation sites (tertiary alicyclic amines) is 1. The number of hydrogen-bond acceptors (Lipinski definition) is 4. The quantitative estimate of drug-likeness (QED) is 0.707. The zero-order valence-electron chi connectivity index (χ0n) is 10.8. The number of carbonyl (C=O) groups excluding carboxylic acids is 1. The summed E-state index contributed by atoms with van der Waals surface area (Å²) in [5.74, 6) is -0.0718. The molecular weight excluding hydrogens is 256 g/mol. The number of nitrogens with zero attached hydrogens (tertiary/aromatic N) is 2. The average molecular weight is 276 g/mol. The number of methoxy groups -OCH3 is 1. The molecule has 0 saturated carbocycles. The zero-order valence-corrected chi connectivity index (χ0v) is 11.6. The normalized spacial score (nSPS) is 30.0. The Bertz CT molecular complexity index is 417. The van der Waals surface area contributed by atoms with E-state index in [-0.39, 0.29) is 18.6 Å². The van der Waals surface area contributed by atoms with Crippen LogP contribution in [0.2, 0.25) is 0 Å². The van der Waals surface area contributed by atoms with Crippen LogP contribution in [0.5, 0.6) is 0 Å².